The number of ether oxygens (including phenoxy) is 1. The van der Waals surface area contributed by atoms with Gasteiger partial charge >= 0.3 is 13.6 Å². The van der Waals surface area contributed by atoms with Gasteiger partial charge in [0.2, 0.25) is 0 Å². The van der Waals surface area contributed by atoms with Crippen LogP contribution in [0.15, 0.2) is 47.1 Å². The topological polar surface area (TPSA) is 77.6 Å². The highest BCUT2D eigenvalue weighted by Crippen LogP contribution is 2.57. The monoisotopic (exact) mass is 415 g/mol. The quantitative estimate of drug-likeness (QED) is 0.547. The Bertz CT molecular complexity index is 709. The van der Waals surface area contributed by atoms with E-state index >= 15 is 0 Å². The number of aromatic amines is 1. The molecular formula is C16H19BrNO5P. The zero-order chi connectivity index (χ0) is 17.7. The van der Waals surface area contributed by atoms with E-state index in [2.05, 4.69) is 20.9 Å². The zero-order valence-corrected chi connectivity index (χ0v) is 16.0. The van der Waals surface area contributed by atoms with E-state index in [1.807, 2.05) is 30.3 Å². The molecule has 0 aliphatic rings. The molecule has 8 heteroatoms. The van der Waals surface area contributed by atoms with Crippen molar-refractivity contribution in [2.75, 3.05) is 21.3 Å². The number of benzene rings is 1. The average Bonchev–Trinajstić information content (AvgIpc) is 3.13. The normalized spacial score (nSPS) is 14.2. The van der Waals surface area contributed by atoms with Gasteiger partial charge in [-0.1, -0.05) is 28.1 Å². The second-order valence-electron chi connectivity index (χ2n) is 5.03. The molecule has 0 bridgehead atoms. The van der Waals surface area contributed by atoms with Gasteiger partial charge in [0, 0.05) is 36.5 Å². The van der Waals surface area contributed by atoms with Crippen LogP contribution in [0.3, 0.4) is 0 Å². The van der Waals surface area contributed by atoms with Crippen molar-refractivity contribution in [3.05, 3.63) is 58.3 Å². The summed E-state index contributed by atoms with van der Waals surface area (Å²) in [7, 11) is 0.0186. The van der Waals surface area contributed by atoms with Gasteiger partial charge < -0.3 is 18.8 Å². The van der Waals surface area contributed by atoms with Crippen LogP contribution in [0.2, 0.25) is 0 Å². The number of H-pyrrole nitrogens is 1. The van der Waals surface area contributed by atoms with Gasteiger partial charge in [-0.2, -0.15) is 0 Å². The van der Waals surface area contributed by atoms with E-state index in [9.17, 15) is 9.36 Å². The van der Waals surface area contributed by atoms with Gasteiger partial charge in [0.15, 0.2) is 5.66 Å². The first-order chi connectivity index (χ1) is 11.5. The molecule has 1 heterocycles. The molecule has 0 radical (unpaired) electrons. The van der Waals surface area contributed by atoms with Crippen LogP contribution in [0.4, 0.5) is 0 Å². The number of halogens is 1. The van der Waals surface area contributed by atoms with Crippen molar-refractivity contribution in [3.63, 3.8) is 0 Å². The molecule has 1 aromatic carbocycles. The van der Waals surface area contributed by atoms with Gasteiger partial charge in [-0.15, -0.1) is 0 Å². The highest BCUT2D eigenvalue weighted by Gasteiger charge is 2.48. The fraction of sp³-hybridized carbons (Fsp3) is 0.312. The standard InChI is InChI=1S/C16H19BrNO5P/c1-21-16(19)15(24(20,22-2)23-3)14(13-5-4-10-18-13)11-6-8-12(17)9-7-11/h4-10,14-15,18H,1-3H3. The highest BCUT2D eigenvalue weighted by molar-refractivity contribution is 9.10. The van der Waals surface area contributed by atoms with Crippen LogP contribution in [0.5, 0.6) is 0 Å². The van der Waals surface area contributed by atoms with Crippen LogP contribution < -0.4 is 0 Å². The van der Waals surface area contributed by atoms with Crippen molar-refractivity contribution in [2.45, 2.75) is 11.6 Å². The Morgan fingerprint density at radius 3 is 2.21 bits per heavy atom. The van der Waals surface area contributed by atoms with Crippen LogP contribution in [0.1, 0.15) is 17.2 Å². The Morgan fingerprint density at radius 2 is 1.75 bits per heavy atom. The Labute approximate surface area is 149 Å². The molecule has 0 saturated heterocycles. The van der Waals surface area contributed by atoms with Crippen molar-refractivity contribution in [2.24, 2.45) is 0 Å². The van der Waals surface area contributed by atoms with Crippen molar-refractivity contribution in [3.8, 4) is 0 Å². The fourth-order valence-corrected chi connectivity index (χ4v) is 4.54. The minimum Gasteiger partial charge on any atom is -0.468 e. The minimum absolute atomic E-state index is 0.578. The Kier molecular flexibility index (Phi) is 6.40. The number of hydrogen-bond acceptors (Lipinski definition) is 5. The maximum Gasteiger partial charge on any atom is 0.345 e. The van der Waals surface area contributed by atoms with Crippen molar-refractivity contribution >= 4 is 29.5 Å². The first kappa shape index (κ1) is 18.9. The average molecular weight is 416 g/mol. The lowest BCUT2D eigenvalue weighted by molar-refractivity contribution is -0.140. The number of esters is 1. The number of nitrogens with one attached hydrogen (secondary N) is 1. The molecule has 1 N–H and O–H groups in total. The second kappa shape index (κ2) is 8.12. The van der Waals surface area contributed by atoms with Crippen LogP contribution in [0.25, 0.3) is 0 Å². The summed E-state index contributed by atoms with van der Waals surface area (Å²) in [6.07, 6.45) is 1.74. The summed E-state index contributed by atoms with van der Waals surface area (Å²) >= 11 is 3.39. The maximum absolute atomic E-state index is 13.1. The molecule has 130 valence electrons. The number of carbonyl (C=O) groups is 1. The number of carbonyl (C=O) groups excluding carboxylic acids is 1. The van der Waals surface area contributed by atoms with E-state index in [0.717, 1.165) is 10.0 Å². The summed E-state index contributed by atoms with van der Waals surface area (Å²) in [5.41, 5.74) is 0.352. The number of methoxy groups -OCH3 is 1. The number of aromatic nitrogens is 1. The molecule has 2 aromatic rings. The molecule has 0 amide bonds. The first-order valence-electron chi connectivity index (χ1n) is 7.14. The van der Waals surface area contributed by atoms with Gasteiger partial charge in [0.25, 0.3) is 0 Å². The van der Waals surface area contributed by atoms with Crippen LogP contribution >= 0.6 is 23.5 Å². The van der Waals surface area contributed by atoms with Gasteiger partial charge in [0.1, 0.15) is 0 Å². The number of hydrogen-bond donors (Lipinski definition) is 1. The molecular weight excluding hydrogens is 397 g/mol. The predicted octanol–water partition coefficient (Wildman–Crippen LogP) is 3.94. The molecule has 0 fully saturated rings. The van der Waals surface area contributed by atoms with Crippen LogP contribution in [0, 0.1) is 0 Å². The largest absolute Gasteiger partial charge is 0.468 e. The lowest BCUT2D eigenvalue weighted by atomic mass is 9.92. The molecule has 6 nitrogen and oxygen atoms in total. The predicted molar refractivity (Wildman–Crippen MR) is 94.2 cm³/mol. The van der Waals surface area contributed by atoms with Gasteiger partial charge in [-0.05, 0) is 29.8 Å². The molecule has 0 aliphatic heterocycles. The number of rotatable bonds is 7. The van der Waals surface area contributed by atoms with E-state index in [4.69, 9.17) is 13.8 Å². The molecule has 2 rings (SSSR count). The first-order valence-corrected chi connectivity index (χ1v) is 9.55. The van der Waals surface area contributed by atoms with Crippen LogP contribution in [-0.4, -0.2) is 37.9 Å². The summed E-state index contributed by atoms with van der Waals surface area (Å²) < 4.78 is 29.1. The molecule has 1 aromatic heterocycles. The summed E-state index contributed by atoms with van der Waals surface area (Å²) in [5.74, 6) is -1.24. The fourth-order valence-electron chi connectivity index (χ4n) is 2.61. The van der Waals surface area contributed by atoms with Crippen molar-refractivity contribution < 1.29 is 23.1 Å². The Balaban J connectivity index is 2.64. The molecule has 0 spiro atoms. The molecule has 24 heavy (non-hydrogen) atoms. The van der Waals surface area contributed by atoms with E-state index in [1.165, 1.54) is 21.3 Å². The third-order valence-corrected chi connectivity index (χ3v) is 6.53. The van der Waals surface area contributed by atoms with E-state index in [0.29, 0.717) is 5.69 Å². The van der Waals surface area contributed by atoms with E-state index < -0.39 is 25.1 Å². The summed E-state index contributed by atoms with van der Waals surface area (Å²) in [6, 6.07) is 11.0. The van der Waals surface area contributed by atoms with Gasteiger partial charge in [-0.25, -0.2) is 0 Å². The Morgan fingerprint density at radius 1 is 1.12 bits per heavy atom. The summed E-state index contributed by atoms with van der Waals surface area (Å²) in [5, 5.41) is 0. The smallest absolute Gasteiger partial charge is 0.345 e. The molecule has 2 unspecified atom stereocenters. The maximum atomic E-state index is 13.1. The lowest BCUT2D eigenvalue weighted by Gasteiger charge is -2.29. The zero-order valence-electron chi connectivity index (χ0n) is 13.6. The minimum atomic E-state index is -3.74. The molecule has 2 atom stereocenters. The van der Waals surface area contributed by atoms with Gasteiger partial charge in [0.05, 0.1) is 7.11 Å². The molecule has 0 saturated carbocycles. The third kappa shape index (κ3) is 3.81. The highest BCUT2D eigenvalue weighted by atomic mass is 79.9. The SMILES string of the molecule is COC(=O)C(C(c1ccc(Br)cc1)c1ccc[nH]1)P(=O)(OC)OC. The van der Waals surface area contributed by atoms with Gasteiger partial charge in [-0.3, -0.25) is 9.36 Å². The van der Waals surface area contributed by atoms with E-state index in [-0.39, 0.29) is 0 Å². The van der Waals surface area contributed by atoms with Crippen LogP contribution in [-0.2, 0) is 23.1 Å². The van der Waals surface area contributed by atoms with E-state index in [1.54, 1.807) is 12.3 Å². The summed E-state index contributed by atoms with van der Waals surface area (Å²) in [4.78, 5) is 15.6. The second-order valence-corrected chi connectivity index (χ2v) is 8.31. The van der Waals surface area contributed by atoms with Crippen molar-refractivity contribution in [1.82, 2.24) is 4.98 Å². The lowest BCUT2D eigenvalue weighted by Crippen LogP contribution is -2.31. The van der Waals surface area contributed by atoms with Crippen molar-refractivity contribution in [1.29, 1.82) is 0 Å². The molecule has 0 aliphatic carbocycles. The Hall–Kier alpha value is -1.40. The summed E-state index contributed by atoms with van der Waals surface area (Å²) in [6.45, 7) is 0. The third-order valence-electron chi connectivity index (χ3n) is 3.79.